The van der Waals surface area contributed by atoms with Gasteiger partial charge in [0.1, 0.15) is 5.75 Å². The highest BCUT2D eigenvalue weighted by atomic mass is 16.5. The summed E-state index contributed by atoms with van der Waals surface area (Å²) in [7, 11) is 0. The molecule has 3 heteroatoms. The second kappa shape index (κ2) is 5.19. The Morgan fingerprint density at radius 3 is 2.50 bits per heavy atom. The molecule has 0 saturated heterocycles. The average molecular weight is 242 g/mol. The maximum absolute atomic E-state index is 5.84. The van der Waals surface area contributed by atoms with Crippen LogP contribution in [-0.2, 0) is 6.54 Å². The van der Waals surface area contributed by atoms with E-state index in [1.807, 2.05) is 32.0 Å². The van der Waals surface area contributed by atoms with Gasteiger partial charge in [0.15, 0.2) is 0 Å². The van der Waals surface area contributed by atoms with Crippen molar-refractivity contribution in [2.45, 2.75) is 27.3 Å². The van der Waals surface area contributed by atoms with Crippen LogP contribution >= 0.6 is 0 Å². The van der Waals surface area contributed by atoms with Crippen LogP contribution in [0.3, 0.4) is 0 Å². The summed E-state index contributed by atoms with van der Waals surface area (Å²) in [5.74, 6) is 1.48. The quantitative estimate of drug-likeness (QED) is 0.898. The van der Waals surface area contributed by atoms with Gasteiger partial charge in [0, 0.05) is 18.3 Å². The van der Waals surface area contributed by atoms with Gasteiger partial charge in [0.25, 0.3) is 0 Å². The number of rotatable bonds is 3. The van der Waals surface area contributed by atoms with E-state index >= 15 is 0 Å². The van der Waals surface area contributed by atoms with Crippen LogP contribution in [0.15, 0.2) is 30.5 Å². The standard InChI is InChI=1S/C15H18N2O/c1-10-4-5-14(11(2)6-10)18-15-12(3)7-13(8-16)9-17-15/h4-7,9H,8,16H2,1-3H3. The maximum Gasteiger partial charge on any atom is 0.222 e. The molecular formula is C15H18N2O. The lowest BCUT2D eigenvalue weighted by Crippen LogP contribution is -2.00. The SMILES string of the molecule is Cc1ccc(Oc2ncc(CN)cc2C)c(C)c1. The van der Waals surface area contributed by atoms with Crippen LogP contribution < -0.4 is 10.5 Å². The first-order valence-corrected chi connectivity index (χ1v) is 6.01. The number of nitrogens with zero attached hydrogens (tertiary/aromatic N) is 1. The van der Waals surface area contributed by atoms with Crippen molar-refractivity contribution in [3.05, 3.63) is 52.7 Å². The van der Waals surface area contributed by atoms with Gasteiger partial charge in [-0.2, -0.15) is 0 Å². The molecule has 18 heavy (non-hydrogen) atoms. The van der Waals surface area contributed by atoms with Crippen LogP contribution in [0, 0.1) is 20.8 Å². The lowest BCUT2D eigenvalue weighted by Gasteiger charge is -2.11. The molecule has 2 rings (SSSR count). The summed E-state index contributed by atoms with van der Waals surface area (Å²) >= 11 is 0. The van der Waals surface area contributed by atoms with Crippen LogP contribution in [0.5, 0.6) is 11.6 Å². The van der Waals surface area contributed by atoms with Gasteiger partial charge >= 0.3 is 0 Å². The first-order valence-electron chi connectivity index (χ1n) is 6.01. The van der Waals surface area contributed by atoms with E-state index in [0.29, 0.717) is 12.4 Å². The molecule has 0 saturated carbocycles. The molecule has 0 bridgehead atoms. The Morgan fingerprint density at radius 1 is 1.11 bits per heavy atom. The Labute approximate surface area is 108 Å². The largest absolute Gasteiger partial charge is 0.438 e. The molecule has 1 heterocycles. The molecule has 1 aromatic heterocycles. The molecule has 0 aliphatic carbocycles. The Bertz CT molecular complexity index is 564. The van der Waals surface area contributed by atoms with Gasteiger partial charge in [-0.1, -0.05) is 17.7 Å². The van der Waals surface area contributed by atoms with Gasteiger partial charge in [0.2, 0.25) is 5.88 Å². The van der Waals surface area contributed by atoms with Crippen molar-refractivity contribution in [1.29, 1.82) is 0 Å². The zero-order valence-electron chi connectivity index (χ0n) is 11.0. The molecular weight excluding hydrogens is 224 g/mol. The van der Waals surface area contributed by atoms with Crippen LogP contribution in [-0.4, -0.2) is 4.98 Å². The topological polar surface area (TPSA) is 48.1 Å². The number of ether oxygens (including phenoxy) is 1. The van der Waals surface area contributed by atoms with E-state index in [0.717, 1.165) is 22.4 Å². The van der Waals surface area contributed by atoms with E-state index < -0.39 is 0 Å². The number of aryl methyl sites for hydroxylation is 3. The van der Waals surface area contributed by atoms with Crippen molar-refractivity contribution >= 4 is 0 Å². The van der Waals surface area contributed by atoms with E-state index in [9.17, 15) is 0 Å². The van der Waals surface area contributed by atoms with Crippen LogP contribution in [0.2, 0.25) is 0 Å². The fraction of sp³-hybridized carbons (Fsp3) is 0.267. The highest BCUT2D eigenvalue weighted by molar-refractivity contribution is 5.40. The van der Waals surface area contributed by atoms with Gasteiger partial charge < -0.3 is 10.5 Å². The Kier molecular flexibility index (Phi) is 3.63. The fourth-order valence-corrected chi connectivity index (χ4v) is 1.86. The number of hydrogen-bond donors (Lipinski definition) is 1. The van der Waals surface area contributed by atoms with Crippen LogP contribution in [0.4, 0.5) is 0 Å². The summed E-state index contributed by atoms with van der Waals surface area (Å²) in [5.41, 5.74) is 9.93. The summed E-state index contributed by atoms with van der Waals surface area (Å²) in [6.45, 7) is 6.57. The molecule has 0 fully saturated rings. The smallest absolute Gasteiger partial charge is 0.222 e. The van der Waals surface area contributed by atoms with E-state index in [-0.39, 0.29) is 0 Å². The molecule has 0 aliphatic rings. The first kappa shape index (κ1) is 12.6. The lowest BCUT2D eigenvalue weighted by atomic mass is 10.1. The zero-order valence-corrected chi connectivity index (χ0v) is 11.0. The van der Waals surface area contributed by atoms with E-state index in [4.69, 9.17) is 10.5 Å². The number of pyridine rings is 1. The maximum atomic E-state index is 5.84. The normalized spacial score (nSPS) is 10.4. The van der Waals surface area contributed by atoms with Gasteiger partial charge in [-0.15, -0.1) is 0 Å². The number of benzene rings is 1. The van der Waals surface area contributed by atoms with Gasteiger partial charge in [-0.25, -0.2) is 4.98 Å². The third-order valence-electron chi connectivity index (χ3n) is 2.86. The first-order chi connectivity index (χ1) is 8.60. The minimum absolute atomic E-state index is 0.498. The predicted molar refractivity (Wildman–Crippen MR) is 72.9 cm³/mol. The zero-order chi connectivity index (χ0) is 13.1. The molecule has 94 valence electrons. The second-order valence-electron chi connectivity index (χ2n) is 4.54. The molecule has 2 aromatic rings. The van der Waals surface area contributed by atoms with E-state index in [1.165, 1.54) is 5.56 Å². The van der Waals surface area contributed by atoms with Crippen LogP contribution in [0.25, 0.3) is 0 Å². The van der Waals surface area contributed by atoms with Gasteiger partial charge in [-0.3, -0.25) is 0 Å². The van der Waals surface area contributed by atoms with E-state index in [2.05, 4.69) is 18.0 Å². The van der Waals surface area contributed by atoms with Crippen molar-refractivity contribution in [3.63, 3.8) is 0 Å². The molecule has 0 radical (unpaired) electrons. The van der Waals surface area contributed by atoms with Gasteiger partial charge in [-0.05, 0) is 44.0 Å². The molecule has 3 nitrogen and oxygen atoms in total. The fourth-order valence-electron chi connectivity index (χ4n) is 1.86. The van der Waals surface area contributed by atoms with Crippen LogP contribution in [0.1, 0.15) is 22.3 Å². The second-order valence-corrected chi connectivity index (χ2v) is 4.54. The summed E-state index contributed by atoms with van der Waals surface area (Å²) in [5, 5.41) is 0. The Hall–Kier alpha value is -1.87. The number of hydrogen-bond acceptors (Lipinski definition) is 3. The number of aromatic nitrogens is 1. The predicted octanol–water partition coefficient (Wildman–Crippen LogP) is 3.26. The Morgan fingerprint density at radius 2 is 1.89 bits per heavy atom. The highest BCUT2D eigenvalue weighted by Crippen LogP contribution is 2.26. The molecule has 1 aromatic carbocycles. The lowest BCUT2D eigenvalue weighted by molar-refractivity contribution is 0.455. The minimum atomic E-state index is 0.498. The average Bonchev–Trinajstić information content (AvgIpc) is 2.34. The summed E-state index contributed by atoms with van der Waals surface area (Å²) in [6.07, 6.45) is 1.76. The number of nitrogens with two attached hydrogens (primary N) is 1. The minimum Gasteiger partial charge on any atom is -0.438 e. The molecule has 2 N–H and O–H groups in total. The highest BCUT2D eigenvalue weighted by Gasteiger charge is 2.06. The van der Waals surface area contributed by atoms with Crippen molar-refractivity contribution in [2.24, 2.45) is 5.73 Å². The third kappa shape index (κ3) is 2.68. The van der Waals surface area contributed by atoms with Crippen molar-refractivity contribution in [3.8, 4) is 11.6 Å². The molecule has 0 atom stereocenters. The van der Waals surface area contributed by atoms with Gasteiger partial charge in [0.05, 0.1) is 0 Å². The summed E-state index contributed by atoms with van der Waals surface area (Å²) in [4.78, 5) is 4.31. The van der Waals surface area contributed by atoms with E-state index in [1.54, 1.807) is 6.20 Å². The molecule has 0 aliphatic heterocycles. The summed E-state index contributed by atoms with van der Waals surface area (Å²) < 4.78 is 5.84. The Balaban J connectivity index is 2.28. The van der Waals surface area contributed by atoms with Crippen molar-refractivity contribution in [2.75, 3.05) is 0 Å². The molecule has 0 amide bonds. The summed E-state index contributed by atoms with van der Waals surface area (Å²) in [6, 6.07) is 8.11. The van der Waals surface area contributed by atoms with Crippen molar-refractivity contribution in [1.82, 2.24) is 4.98 Å². The third-order valence-corrected chi connectivity index (χ3v) is 2.86. The molecule has 0 spiro atoms. The van der Waals surface area contributed by atoms with Crippen molar-refractivity contribution < 1.29 is 4.74 Å². The monoisotopic (exact) mass is 242 g/mol. The molecule has 0 unspecified atom stereocenters.